The number of aryl methyl sites for hydroxylation is 1. The highest BCUT2D eigenvalue weighted by Crippen LogP contribution is 2.13. The van der Waals surface area contributed by atoms with E-state index in [2.05, 4.69) is 26.6 Å². The number of sulfone groups is 1. The third-order valence-corrected chi connectivity index (χ3v) is 5.82. The lowest BCUT2D eigenvalue weighted by atomic mass is 10.1. The molecule has 0 saturated heterocycles. The van der Waals surface area contributed by atoms with E-state index in [1.807, 2.05) is 0 Å². The van der Waals surface area contributed by atoms with E-state index in [0.29, 0.717) is 11.1 Å². The van der Waals surface area contributed by atoms with Gasteiger partial charge in [-0.15, -0.1) is 0 Å². The minimum atomic E-state index is -3.61. The van der Waals surface area contributed by atoms with Gasteiger partial charge in [0.1, 0.15) is 11.6 Å². The van der Waals surface area contributed by atoms with Crippen LogP contribution in [-0.2, 0) is 20.4 Å². The molecular weight excluding hydrogens is 451 g/mol. The van der Waals surface area contributed by atoms with Gasteiger partial charge in [0, 0.05) is 23.1 Å². The summed E-state index contributed by atoms with van der Waals surface area (Å²) in [5.41, 5.74) is 1.20. The Morgan fingerprint density at radius 3 is 2.32 bits per heavy atom. The average molecular weight is 471 g/mol. The minimum Gasteiger partial charge on any atom is -0.353 e. The molecule has 9 heteroatoms. The second-order valence-corrected chi connectivity index (χ2v) is 9.21. The lowest BCUT2D eigenvalue weighted by Crippen LogP contribution is -2.37. The number of hydrogen-bond acceptors (Lipinski definition) is 4. The Balaban J connectivity index is 1.75. The first-order valence-corrected chi connectivity index (χ1v) is 11.0. The summed E-state index contributed by atoms with van der Waals surface area (Å²) in [4.78, 5) is 23.8. The van der Waals surface area contributed by atoms with Gasteiger partial charge < -0.3 is 10.6 Å². The van der Waals surface area contributed by atoms with Crippen LogP contribution in [0.4, 0.5) is 4.39 Å². The summed E-state index contributed by atoms with van der Waals surface area (Å²) in [6.45, 7) is 1.75. The van der Waals surface area contributed by atoms with Crippen molar-refractivity contribution < 1.29 is 22.4 Å². The van der Waals surface area contributed by atoms with Gasteiger partial charge in [-0.1, -0.05) is 34.1 Å². The standard InChI is InChI=1S/C19H20BrFN2O4S/c1-13-2-5-15(10-17(13)21)19(25)23-9-8-22-18(24)12-28(26,27)11-14-3-6-16(20)7-4-14/h2-7,10H,8-9,11-12H2,1H3,(H,22,24)(H,23,25). The summed E-state index contributed by atoms with van der Waals surface area (Å²) in [6, 6.07) is 10.9. The van der Waals surface area contributed by atoms with Crippen molar-refractivity contribution in [1.82, 2.24) is 10.6 Å². The molecule has 0 fully saturated rings. The van der Waals surface area contributed by atoms with E-state index in [1.54, 1.807) is 31.2 Å². The van der Waals surface area contributed by atoms with E-state index in [0.717, 1.165) is 10.5 Å². The van der Waals surface area contributed by atoms with Crippen LogP contribution in [0.3, 0.4) is 0 Å². The maximum absolute atomic E-state index is 13.5. The van der Waals surface area contributed by atoms with Gasteiger partial charge in [-0.2, -0.15) is 0 Å². The van der Waals surface area contributed by atoms with Crippen LogP contribution in [-0.4, -0.2) is 39.1 Å². The maximum atomic E-state index is 13.5. The Morgan fingerprint density at radius 1 is 1.04 bits per heavy atom. The Morgan fingerprint density at radius 2 is 1.68 bits per heavy atom. The summed E-state index contributed by atoms with van der Waals surface area (Å²) < 4.78 is 38.5. The molecular formula is C19H20BrFN2O4S. The molecule has 0 aliphatic carbocycles. The van der Waals surface area contributed by atoms with Gasteiger partial charge in [0.25, 0.3) is 5.91 Å². The van der Waals surface area contributed by atoms with E-state index in [1.165, 1.54) is 12.1 Å². The van der Waals surface area contributed by atoms with Gasteiger partial charge in [-0.25, -0.2) is 12.8 Å². The van der Waals surface area contributed by atoms with Crippen LogP contribution in [0.25, 0.3) is 0 Å². The molecule has 0 aliphatic heterocycles. The number of hydrogen-bond donors (Lipinski definition) is 2. The van der Waals surface area contributed by atoms with Gasteiger partial charge in [-0.3, -0.25) is 9.59 Å². The summed E-state index contributed by atoms with van der Waals surface area (Å²) in [7, 11) is -3.61. The first-order chi connectivity index (χ1) is 13.2. The molecule has 0 spiro atoms. The summed E-state index contributed by atoms with van der Waals surface area (Å²) in [5, 5.41) is 4.98. The highest BCUT2D eigenvalue weighted by molar-refractivity contribution is 9.10. The van der Waals surface area contributed by atoms with Crippen LogP contribution in [0, 0.1) is 12.7 Å². The Kier molecular flexibility index (Phi) is 7.70. The molecule has 28 heavy (non-hydrogen) atoms. The molecule has 6 nitrogen and oxygen atoms in total. The Bertz CT molecular complexity index is 962. The minimum absolute atomic E-state index is 0.0622. The largest absolute Gasteiger partial charge is 0.353 e. The SMILES string of the molecule is Cc1ccc(C(=O)NCCNC(=O)CS(=O)(=O)Cc2ccc(Br)cc2)cc1F. The van der Waals surface area contributed by atoms with Gasteiger partial charge in [0.15, 0.2) is 9.84 Å². The summed E-state index contributed by atoms with van der Waals surface area (Å²) in [6.07, 6.45) is 0. The number of amides is 2. The Labute approximate surface area is 171 Å². The molecule has 0 atom stereocenters. The molecule has 2 aromatic rings. The van der Waals surface area contributed by atoms with Crippen molar-refractivity contribution >= 4 is 37.6 Å². The van der Waals surface area contributed by atoms with Crippen molar-refractivity contribution in [1.29, 1.82) is 0 Å². The normalized spacial score (nSPS) is 11.1. The Hall–Kier alpha value is -2.26. The number of carbonyl (C=O) groups excluding carboxylic acids is 2. The molecule has 0 bridgehead atoms. The molecule has 2 rings (SSSR count). The lowest BCUT2D eigenvalue weighted by Gasteiger charge is -2.08. The molecule has 150 valence electrons. The van der Waals surface area contributed by atoms with Gasteiger partial charge in [-0.05, 0) is 42.3 Å². The van der Waals surface area contributed by atoms with E-state index in [9.17, 15) is 22.4 Å². The van der Waals surface area contributed by atoms with E-state index in [-0.39, 0.29) is 24.4 Å². The van der Waals surface area contributed by atoms with E-state index >= 15 is 0 Å². The topological polar surface area (TPSA) is 92.3 Å². The van der Waals surface area contributed by atoms with Crippen molar-refractivity contribution in [3.63, 3.8) is 0 Å². The fraction of sp³-hybridized carbons (Fsp3) is 0.263. The average Bonchev–Trinajstić information content (AvgIpc) is 2.62. The number of halogens is 2. The van der Waals surface area contributed by atoms with Gasteiger partial charge >= 0.3 is 0 Å². The highest BCUT2D eigenvalue weighted by Gasteiger charge is 2.17. The third kappa shape index (κ3) is 7.05. The zero-order valence-corrected chi connectivity index (χ0v) is 17.6. The van der Waals surface area contributed by atoms with Crippen LogP contribution in [0.2, 0.25) is 0 Å². The summed E-state index contributed by atoms with van der Waals surface area (Å²) >= 11 is 3.27. The van der Waals surface area contributed by atoms with Crippen molar-refractivity contribution in [3.8, 4) is 0 Å². The van der Waals surface area contributed by atoms with Crippen molar-refractivity contribution in [3.05, 3.63) is 69.4 Å². The maximum Gasteiger partial charge on any atom is 0.251 e. The molecule has 0 radical (unpaired) electrons. The molecule has 0 unspecified atom stereocenters. The predicted octanol–water partition coefficient (Wildman–Crippen LogP) is 2.36. The molecule has 0 saturated carbocycles. The fourth-order valence-electron chi connectivity index (χ4n) is 2.35. The number of benzene rings is 2. The van der Waals surface area contributed by atoms with Crippen LogP contribution >= 0.6 is 15.9 Å². The second kappa shape index (κ2) is 9.79. The molecule has 2 amide bonds. The molecule has 0 aromatic heterocycles. The van der Waals surface area contributed by atoms with E-state index < -0.39 is 33.2 Å². The van der Waals surface area contributed by atoms with Gasteiger partial charge in [0.05, 0.1) is 5.75 Å². The first kappa shape index (κ1) is 22.0. The molecule has 0 heterocycles. The number of carbonyl (C=O) groups is 2. The predicted molar refractivity (Wildman–Crippen MR) is 108 cm³/mol. The molecule has 2 N–H and O–H groups in total. The van der Waals surface area contributed by atoms with Crippen LogP contribution in [0.5, 0.6) is 0 Å². The van der Waals surface area contributed by atoms with Crippen LogP contribution < -0.4 is 10.6 Å². The molecule has 2 aromatic carbocycles. The summed E-state index contributed by atoms with van der Waals surface area (Å²) in [5.74, 6) is -2.47. The quantitative estimate of drug-likeness (QED) is 0.579. The smallest absolute Gasteiger partial charge is 0.251 e. The fourth-order valence-corrected chi connectivity index (χ4v) is 3.92. The lowest BCUT2D eigenvalue weighted by molar-refractivity contribution is -0.118. The van der Waals surface area contributed by atoms with Crippen molar-refractivity contribution in [2.24, 2.45) is 0 Å². The highest BCUT2D eigenvalue weighted by atomic mass is 79.9. The van der Waals surface area contributed by atoms with Gasteiger partial charge in [0.2, 0.25) is 5.91 Å². The van der Waals surface area contributed by atoms with E-state index in [4.69, 9.17) is 0 Å². The first-order valence-electron chi connectivity index (χ1n) is 8.42. The third-order valence-electron chi connectivity index (χ3n) is 3.82. The van der Waals surface area contributed by atoms with Crippen LogP contribution in [0.1, 0.15) is 21.5 Å². The number of rotatable bonds is 8. The molecule has 0 aliphatic rings. The monoisotopic (exact) mass is 470 g/mol. The zero-order valence-electron chi connectivity index (χ0n) is 15.2. The zero-order chi connectivity index (χ0) is 20.7. The number of nitrogens with one attached hydrogen (secondary N) is 2. The van der Waals surface area contributed by atoms with Crippen molar-refractivity contribution in [2.75, 3.05) is 18.8 Å². The van der Waals surface area contributed by atoms with Crippen LogP contribution in [0.15, 0.2) is 46.9 Å². The second-order valence-electron chi connectivity index (χ2n) is 6.23. The van der Waals surface area contributed by atoms with Crippen molar-refractivity contribution in [2.45, 2.75) is 12.7 Å².